The van der Waals surface area contributed by atoms with Gasteiger partial charge in [-0.15, -0.1) is 0 Å². The largest absolute Gasteiger partial charge is 0.335 e. The predicted molar refractivity (Wildman–Crippen MR) is 49.8 cm³/mol. The maximum atomic E-state index is 5.87. The zero-order valence-electron chi connectivity index (χ0n) is 8.04. The fourth-order valence-electron chi connectivity index (χ4n) is 1.03. The molecule has 0 radical (unpaired) electrons. The lowest BCUT2D eigenvalue weighted by Crippen LogP contribution is -2.33. The summed E-state index contributed by atoms with van der Waals surface area (Å²) >= 11 is 0. The van der Waals surface area contributed by atoms with Gasteiger partial charge >= 0.3 is 0 Å². The molecule has 0 aliphatic heterocycles. The molecular formula is C9H17N3. The van der Waals surface area contributed by atoms with E-state index in [1.54, 1.807) is 0 Å². The first-order valence-corrected chi connectivity index (χ1v) is 4.25. The lowest BCUT2D eigenvalue weighted by molar-refractivity contribution is 0.434. The van der Waals surface area contributed by atoms with E-state index >= 15 is 0 Å². The summed E-state index contributed by atoms with van der Waals surface area (Å²) in [7, 11) is 0. The molecule has 1 rings (SSSR count). The van der Waals surface area contributed by atoms with Gasteiger partial charge in [-0.1, -0.05) is 0 Å². The Morgan fingerprint density at radius 3 is 2.67 bits per heavy atom. The Morgan fingerprint density at radius 1 is 1.58 bits per heavy atom. The van der Waals surface area contributed by atoms with E-state index < -0.39 is 0 Å². The summed E-state index contributed by atoms with van der Waals surface area (Å²) in [6, 6.07) is 0. The molecule has 0 saturated carbocycles. The summed E-state index contributed by atoms with van der Waals surface area (Å²) in [4.78, 5) is 4.04. The first kappa shape index (κ1) is 9.26. The Labute approximate surface area is 73.6 Å². The molecule has 3 nitrogen and oxygen atoms in total. The number of hydrogen-bond acceptors (Lipinski definition) is 2. The maximum absolute atomic E-state index is 5.87. The summed E-state index contributed by atoms with van der Waals surface area (Å²) in [6.07, 6.45) is 4.69. The highest BCUT2D eigenvalue weighted by molar-refractivity contribution is 4.94. The molecule has 0 aromatic carbocycles. The van der Waals surface area contributed by atoms with E-state index in [1.807, 2.05) is 26.4 Å². The van der Waals surface area contributed by atoms with E-state index in [0.29, 0.717) is 0 Å². The van der Waals surface area contributed by atoms with Gasteiger partial charge in [-0.05, 0) is 27.2 Å². The van der Waals surface area contributed by atoms with Gasteiger partial charge in [-0.3, -0.25) is 0 Å². The van der Waals surface area contributed by atoms with Crippen LogP contribution < -0.4 is 5.73 Å². The topological polar surface area (TPSA) is 43.8 Å². The van der Waals surface area contributed by atoms with Crippen LogP contribution in [0.2, 0.25) is 0 Å². The number of aromatic nitrogens is 2. The smallest absolute Gasteiger partial charge is 0.0948 e. The number of imidazole rings is 1. The third-order valence-electron chi connectivity index (χ3n) is 1.92. The summed E-state index contributed by atoms with van der Waals surface area (Å²) in [6.45, 7) is 7.09. The summed E-state index contributed by atoms with van der Waals surface area (Å²) in [5.41, 5.74) is 6.98. The Balaban J connectivity index is 2.49. The minimum absolute atomic E-state index is 0.0866. The van der Waals surface area contributed by atoms with E-state index in [2.05, 4.69) is 16.5 Å². The first-order valence-electron chi connectivity index (χ1n) is 4.25. The summed E-state index contributed by atoms with van der Waals surface area (Å²) in [5, 5.41) is 0. The second-order valence-corrected chi connectivity index (χ2v) is 3.97. The Kier molecular flexibility index (Phi) is 2.52. The average molecular weight is 167 g/mol. The zero-order chi connectivity index (χ0) is 9.19. The van der Waals surface area contributed by atoms with Gasteiger partial charge in [0.1, 0.15) is 0 Å². The molecule has 1 heterocycles. The van der Waals surface area contributed by atoms with Crippen LogP contribution in [0, 0.1) is 6.92 Å². The maximum Gasteiger partial charge on any atom is 0.0948 e. The van der Waals surface area contributed by atoms with Crippen LogP contribution in [0.3, 0.4) is 0 Å². The van der Waals surface area contributed by atoms with Crippen molar-refractivity contribution in [3.8, 4) is 0 Å². The molecule has 3 heteroatoms. The zero-order valence-corrected chi connectivity index (χ0v) is 8.04. The van der Waals surface area contributed by atoms with Crippen molar-refractivity contribution >= 4 is 0 Å². The number of aryl methyl sites for hydroxylation is 2. The standard InChI is InChI=1S/C9H17N3/c1-8-6-11-7-12(8)5-4-9(2,3)10/h6-7H,4-5,10H2,1-3H3. The van der Waals surface area contributed by atoms with Crippen molar-refractivity contribution in [1.82, 2.24) is 9.55 Å². The van der Waals surface area contributed by atoms with E-state index in [4.69, 9.17) is 5.73 Å². The fraction of sp³-hybridized carbons (Fsp3) is 0.667. The van der Waals surface area contributed by atoms with Gasteiger partial charge < -0.3 is 10.3 Å². The van der Waals surface area contributed by atoms with E-state index in [1.165, 1.54) is 5.69 Å². The molecule has 68 valence electrons. The van der Waals surface area contributed by atoms with Crippen LogP contribution in [-0.2, 0) is 6.54 Å². The van der Waals surface area contributed by atoms with Crippen LogP contribution in [0.15, 0.2) is 12.5 Å². The van der Waals surface area contributed by atoms with Gasteiger partial charge in [-0.2, -0.15) is 0 Å². The van der Waals surface area contributed by atoms with E-state index in [0.717, 1.165) is 13.0 Å². The molecule has 2 N–H and O–H groups in total. The van der Waals surface area contributed by atoms with Crippen molar-refractivity contribution in [2.45, 2.75) is 39.3 Å². The third-order valence-corrected chi connectivity index (χ3v) is 1.92. The minimum atomic E-state index is -0.0866. The molecule has 0 atom stereocenters. The van der Waals surface area contributed by atoms with E-state index in [9.17, 15) is 0 Å². The molecule has 0 saturated heterocycles. The molecule has 0 spiro atoms. The molecule has 0 fully saturated rings. The van der Waals surface area contributed by atoms with Crippen molar-refractivity contribution in [2.75, 3.05) is 0 Å². The fourth-order valence-corrected chi connectivity index (χ4v) is 1.03. The van der Waals surface area contributed by atoms with Crippen LogP contribution in [0.5, 0.6) is 0 Å². The van der Waals surface area contributed by atoms with Crippen molar-refractivity contribution in [1.29, 1.82) is 0 Å². The Hall–Kier alpha value is -0.830. The molecular weight excluding hydrogens is 150 g/mol. The van der Waals surface area contributed by atoms with Gasteiger partial charge in [0, 0.05) is 24.0 Å². The lowest BCUT2D eigenvalue weighted by Gasteiger charge is -2.18. The third kappa shape index (κ3) is 2.66. The van der Waals surface area contributed by atoms with Gasteiger partial charge in [0.2, 0.25) is 0 Å². The number of nitrogens with zero attached hydrogens (tertiary/aromatic N) is 2. The highest BCUT2D eigenvalue weighted by atomic mass is 15.0. The molecule has 0 unspecified atom stereocenters. The lowest BCUT2D eigenvalue weighted by atomic mass is 10.0. The van der Waals surface area contributed by atoms with Crippen LogP contribution in [0.4, 0.5) is 0 Å². The average Bonchev–Trinajstić information content (AvgIpc) is 2.29. The number of nitrogens with two attached hydrogens (primary N) is 1. The normalized spacial score (nSPS) is 12.0. The molecule has 0 bridgehead atoms. The summed E-state index contributed by atoms with van der Waals surface area (Å²) in [5.74, 6) is 0. The molecule has 1 aromatic heterocycles. The van der Waals surface area contributed by atoms with Crippen LogP contribution in [0.1, 0.15) is 26.0 Å². The first-order chi connectivity index (χ1) is 5.49. The van der Waals surface area contributed by atoms with Crippen LogP contribution >= 0.6 is 0 Å². The van der Waals surface area contributed by atoms with Crippen LogP contribution in [0.25, 0.3) is 0 Å². The Bertz CT molecular complexity index is 245. The molecule has 12 heavy (non-hydrogen) atoms. The predicted octanol–water partition coefficient (Wildman–Crippen LogP) is 1.32. The highest BCUT2D eigenvalue weighted by Crippen LogP contribution is 2.07. The quantitative estimate of drug-likeness (QED) is 0.737. The van der Waals surface area contributed by atoms with Crippen molar-refractivity contribution in [2.24, 2.45) is 5.73 Å². The van der Waals surface area contributed by atoms with Gasteiger partial charge in [0.05, 0.1) is 6.33 Å². The van der Waals surface area contributed by atoms with Gasteiger partial charge in [0.25, 0.3) is 0 Å². The molecule has 1 aromatic rings. The van der Waals surface area contributed by atoms with Crippen LogP contribution in [-0.4, -0.2) is 15.1 Å². The van der Waals surface area contributed by atoms with Crippen molar-refractivity contribution in [3.05, 3.63) is 18.2 Å². The second kappa shape index (κ2) is 3.27. The monoisotopic (exact) mass is 167 g/mol. The summed E-state index contributed by atoms with van der Waals surface area (Å²) < 4.78 is 2.12. The highest BCUT2D eigenvalue weighted by Gasteiger charge is 2.10. The minimum Gasteiger partial charge on any atom is -0.335 e. The molecule has 0 amide bonds. The second-order valence-electron chi connectivity index (χ2n) is 3.97. The SMILES string of the molecule is Cc1cncn1CCC(C)(C)N. The van der Waals surface area contributed by atoms with Crippen molar-refractivity contribution in [3.63, 3.8) is 0 Å². The molecule has 0 aliphatic carbocycles. The number of rotatable bonds is 3. The van der Waals surface area contributed by atoms with Gasteiger partial charge in [-0.25, -0.2) is 4.98 Å². The van der Waals surface area contributed by atoms with E-state index in [-0.39, 0.29) is 5.54 Å². The van der Waals surface area contributed by atoms with Gasteiger partial charge in [0.15, 0.2) is 0 Å². The van der Waals surface area contributed by atoms with Crippen molar-refractivity contribution < 1.29 is 0 Å². The Morgan fingerprint density at radius 2 is 2.25 bits per heavy atom. The number of hydrogen-bond donors (Lipinski definition) is 1. The molecule has 0 aliphatic rings.